The average Bonchev–Trinajstić information content (AvgIpc) is 2.24. The van der Waals surface area contributed by atoms with Crippen LogP contribution in [-0.4, -0.2) is 17.9 Å². The van der Waals surface area contributed by atoms with Crippen LogP contribution in [0.3, 0.4) is 0 Å². The molecule has 0 heterocycles. The molecule has 4 saturated carbocycles. The molecule has 0 radical (unpaired) electrons. The third kappa shape index (κ3) is 2.49. The molecule has 2 amide bonds. The van der Waals surface area contributed by atoms with Gasteiger partial charge in [-0.2, -0.15) is 0 Å². The molecule has 4 fully saturated rings. The molecule has 4 heteroatoms. The van der Waals surface area contributed by atoms with Crippen molar-refractivity contribution in [2.45, 2.75) is 57.9 Å². The molecular weight excluding hydrogens is 240 g/mol. The fourth-order valence-corrected chi connectivity index (χ4v) is 5.44. The Bertz CT molecular complexity index is 370. The van der Waals surface area contributed by atoms with Gasteiger partial charge in [-0.15, -0.1) is 0 Å². The first-order chi connectivity index (χ1) is 8.96. The monoisotopic (exact) mass is 264 g/mol. The predicted molar refractivity (Wildman–Crippen MR) is 72.0 cm³/mol. The van der Waals surface area contributed by atoms with E-state index in [0.717, 1.165) is 24.2 Å². The summed E-state index contributed by atoms with van der Waals surface area (Å²) in [6.07, 6.45) is 8.64. The zero-order chi connectivity index (χ0) is 13.6. The zero-order valence-corrected chi connectivity index (χ0v) is 11.7. The molecule has 4 nitrogen and oxygen atoms in total. The fraction of sp³-hybridized carbons (Fsp3) is 0.867. The number of amides is 2. The van der Waals surface area contributed by atoms with E-state index in [1.165, 1.54) is 45.4 Å². The molecule has 106 valence electrons. The van der Waals surface area contributed by atoms with Crippen molar-refractivity contribution in [1.82, 2.24) is 5.32 Å². The summed E-state index contributed by atoms with van der Waals surface area (Å²) in [6.45, 7) is 1.45. The van der Waals surface area contributed by atoms with Crippen molar-refractivity contribution < 1.29 is 9.59 Å². The van der Waals surface area contributed by atoms with Crippen LogP contribution in [0.4, 0.5) is 0 Å². The van der Waals surface area contributed by atoms with Gasteiger partial charge in [-0.1, -0.05) is 0 Å². The van der Waals surface area contributed by atoms with Gasteiger partial charge < -0.3 is 11.1 Å². The van der Waals surface area contributed by atoms with Crippen LogP contribution in [0.5, 0.6) is 0 Å². The maximum atomic E-state index is 11.6. The van der Waals surface area contributed by atoms with Crippen molar-refractivity contribution in [1.29, 1.82) is 0 Å². The van der Waals surface area contributed by atoms with Crippen molar-refractivity contribution in [3.05, 3.63) is 0 Å². The van der Waals surface area contributed by atoms with E-state index in [1.54, 1.807) is 0 Å². The van der Waals surface area contributed by atoms with Crippen molar-refractivity contribution in [3.8, 4) is 0 Å². The minimum Gasteiger partial charge on any atom is -0.368 e. The van der Waals surface area contributed by atoms with E-state index >= 15 is 0 Å². The lowest BCUT2D eigenvalue weighted by Gasteiger charge is -2.57. The van der Waals surface area contributed by atoms with E-state index in [0.29, 0.717) is 0 Å². The summed E-state index contributed by atoms with van der Waals surface area (Å²) in [4.78, 5) is 22.8. The Morgan fingerprint density at radius 1 is 1.16 bits per heavy atom. The van der Waals surface area contributed by atoms with Crippen LogP contribution in [0.15, 0.2) is 0 Å². The standard InChI is InChI=1S/C15H24N2O2/c1-9(18)17-13(14(16)19)8-15-5-10-2-11(6-15)4-12(3-10)7-15/h10-13H,2-8H2,1H3,(H2,16,19)(H,17,18)/t10?,11?,12?,13-,15?/m0/s1. The topological polar surface area (TPSA) is 72.2 Å². The third-order valence-corrected chi connectivity index (χ3v) is 5.52. The minimum absolute atomic E-state index is 0.159. The highest BCUT2D eigenvalue weighted by Crippen LogP contribution is 2.61. The molecule has 0 aromatic carbocycles. The van der Waals surface area contributed by atoms with Gasteiger partial charge in [0.15, 0.2) is 0 Å². The molecule has 1 atom stereocenters. The Kier molecular flexibility index (Phi) is 3.06. The van der Waals surface area contributed by atoms with E-state index in [-0.39, 0.29) is 17.2 Å². The second-order valence-electron chi connectivity index (χ2n) is 7.28. The number of carbonyl (C=O) groups excluding carboxylic acids is 2. The Balaban J connectivity index is 1.74. The smallest absolute Gasteiger partial charge is 0.240 e. The quantitative estimate of drug-likeness (QED) is 0.809. The van der Waals surface area contributed by atoms with Gasteiger partial charge in [-0.25, -0.2) is 0 Å². The molecule has 4 bridgehead atoms. The maximum Gasteiger partial charge on any atom is 0.240 e. The first-order valence-electron chi connectivity index (χ1n) is 7.52. The Morgan fingerprint density at radius 3 is 2.00 bits per heavy atom. The normalized spacial score (nSPS) is 41.0. The summed E-state index contributed by atoms with van der Waals surface area (Å²) in [5.74, 6) is 2.03. The van der Waals surface area contributed by atoms with Crippen LogP contribution in [0.25, 0.3) is 0 Å². The lowest BCUT2D eigenvalue weighted by Crippen LogP contribution is -2.52. The first kappa shape index (κ1) is 12.9. The molecule has 4 aliphatic carbocycles. The van der Waals surface area contributed by atoms with Gasteiger partial charge in [0, 0.05) is 6.92 Å². The summed E-state index contributed by atoms with van der Waals surface area (Å²) >= 11 is 0. The number of nitrogens with one attached hydrogen (secondary N) is 1. The van der Waals surface area contributed by atoms with Gasteiger partial charge in [-0.05, 0) is 68.1 Å². The van der Waals surface area contributed by atoms with Crippen molar-refractivity contribution in [2.75, 3.05) is 0 Å². The van der Waals surface area contributed by atoms with Gasteiger partial charge >= 0.3 is 0 Å². The molecule has 0 unspecified atom stereocenters. The van der Waals surface area contributed by atoms with Crippen LogP contribution < -0.4 is 11.1 Å². The average molecular weight is 264 g/mol. The number of rotatable bonds is 4. The SMILES string of the molecule is CC(=O)N[C@@H](CC12CC3CC(CC(C3)C1)C2)C(N)=O. The van der Waals surface area contributed by atoms with E-state index in [4.69, 9.17) is 5.73 Å². The summed E-state index contributed by atoms with van der Waals surface area (Å²) in [5.41, 5.74) is 5.74. The van der Waals surface area contributed by atoms with Crippen molar-refractivity contribution in [2.24, 2.45) is 28.9 Å². The number of carbonyl (C=O) groups is 2. The summed E-state index contributed by atoms with van der Waals surface area (Å²) < 4.78 is 0. The van der Waals surface area contributed by atoms with Crippen molar-refractivity contribution >= 4 is 11.8 Å². The second kappa shape index (κ2) is 4.50. The Hall–Kier alpha value is -1.06. The lowest BCUT2D eigenvalue weighted by molar-refractivity contribution is -0.129. The van der Waals surface area contributed by atoms with E-state index in [2.05, 4.69) is 5.32 Å². The predicted octanol–water partition coefficient (Wildman–Crippen LogP) is 1.58. The third-order valence-electron chi connectivity index (χ3n) is 5.52. The van der Waals surface area contributed by atoms with Gasteiger partial charge in [0.2, 0.25) is 11.8 Å². The first-order valence-corrected chi connectivity index (χ1v) is 7.52. The number of hydrogen-bond acceptors (Lipinski definition) is 2. The zero-order valence-electron chi connectivity index (χ0n) is 11.7. The molecule has 0 aliphatic heterocycles. The Labute approximate surface area is 114 Å². The summed E-state index contributed by atoms with van der Waals surface area (Å²) in [5, 5.41) is 2.74. The highest BCUT2D eigenvalue weighted by molar-refractivity contribution is 5.85. The summed E-state index contributed by atoms with van der Waals surface area (Å²) in [6, 6.07) is -0.478. The van der Waals surface area contributed by atoms with Gasteiger partial charge in [0.25, 0.3) is 0 Å². The summed E-state index contributed by atoms with van der Waals surface area (Å²) in [7, 11) is 0. The highest BCUT2D eigenvalue weighted by atomic mass is 16.2. The van der Waals surface area contributed by atoms with Crippen molar-refractivity contribution in [3.63, 3.8) is 0 Å². The molecule has 19 heavy (non-hydrogen) atoms. The number of hydrogen-bond donors (Lipinski definition) is 2. The van der Waals surface area contributed by atoms with Gasteiger partial charge in [-0.3, -0.25) is 9.59 Å². The van der Waals surface area contributed by atoms with Crippen LogP contribution in [0, 0.1) is 23.2 Å². The van der Waals surface area contributed by atoms with Crippen LogP contribution in [0.2, 0.25) is 0 Å². The molecule has 4 rings (SSSR count). The fourth-order valence-electron chi connectivity index (χ4n) is 5.44. The van der Waals surface area contributed by atoms with E-state index in [1.807, 2.05) is 0 Å². The Morgan fingerprint density at radius 2 is 1.63 bits per heavy atom. The van der Waals surface area contributed by atoms with Crippen LogP contribution in [0.1, 0.15) is 51.9 Å². The molecule has 0 saturated heterocycles. The number of nitrogens with two attached hydrogens (primary N) is 1. The lowest BCUT2D eigenvalue weighted by atomic mass is 9.48. The maximum absolute atomic E-state index is 11.6. The highest BCUT2D eigenvalue weighted by Gasteiger charge is 2.51. The van der Waals surface area contributed by atoms with Crippen LogP contribution >= 0.6 is 0 Å². The minimum atomic E-state index is -0.478. The molecule has 0 aromatic rings. The molecule has 0 spiro atoms. The van der Waals surface area contributed by atoms with Gasteiger partial charge in [0.05, 0.1) is 0 Å². The largest absolute Gasteiger partial charge is 0.368 e. The van der Waals surface area contributed by atoms with E-state index < -0.39 is 6.04 Å². The molecule has 4 aliphatic rings. The molecule has 3 N–H and O–H groups in total. The number of primary amides is 1. The molecule has 0 aromatic heterocycles. The van der Waals surface area contributed by atoms with Crippen LogP contribution in [-0.2, 0) is 9.59 Å². The molecular formula is C15H24N2O2. The van der Waals surface area contributed by atoms with Gasteiger partial charge in [0.1, 0.15) is 6.04 Å². The second-order valence-corrected chi connectivity index (χ2v) is 7.28. The van der Waals surface area contributed by atoms with E-state index in [9.17, 15) is 9.59 Å².